The molecule has 0 saturated carbocycles. The molecule has 1 fully saturated rings. The molecule has 1 aliphatic heterocycles. The van der Waals surface area contributed by atoms with E-state index < -0.39 is 173 Å². The average molecular weight is 1290 g/mol. The summed E-state index contributed by atoms with van der Waals surface area (Å²) in [5.41, 5.74) is -1.69. The molecule has 0 aliphatic carbocycles. The number of hydrogen-bond donors (Lipinski definition) is 5. The zero-order valence-electron chi connectivity index (χ0n) is 59.6. The number of methoxy groups -OCH3 is 1. The SMILES string of the molecule is C/C=C/C[C@@H](C)[C@@H](O)[C@H]1C(=O)N(C)[C@@H](CC)C(=O)N(C)C(C(=O)OC)C(=O)N(C)[C@@H](CC(C)(C)O)C(=O)N[C@@H](C(C)C)C(=O)N(C)[C@@H](CC(C)C)C(=O)N[C@@H](C)C(=O)N[C@H](C)C(=O)N(C)[C@@H](CC(C)C)C(=O)N(C)[C@@H](CC(C)C)C(=O)N(C)[C@@H](C(C)C)C(=O)N1C. The van der Waals surface area contributed by atoms with Crippen molar-refractivity contribution < 1.29 is 72.5 Å². The summed E-state index contributed by atoms with van der Waals surface area (Å²) in [4.78, 5) is 186. The maximum absolute atomic E-state index is 15.4. The van der Waals surface area contributed by atoms with Crippen molar-refractivity contribution in [2.75, 3.05) is 63.5 Å². The zero-order chi connectivity index (χ0) is 70.9. The van der Waals surface area contributed by atoms with Crippen LogP contribution < -0.4 is 16.0 Å². The highest BCUT2D eigenvalue weighted by Crippen LogP contribution is 2.27. The molecule has 5 N–H and O–H groups in total. The Labute approximate surface area is 542 Å². The normalized spacial score (nSPS) is 26.9. The Morgan fingerprint density at radius 1 is 0.505 bits per heavy atom. The van der Waals surface area contributed by atoms with Crippen LogP contribution in [0.1, 0.15) is 156 Å². The fraction of sp³-hybridized carbons (Fsp3) is 0.785. The predicted octanol–water partition coefficient (Wildman–Crippen LogP) is 2.27. The number of aliphatic hydroxyl groups excluding tert-OH is 1. The number of nitrogens with zero attached hydrogens (tertiary/aromatic N) is 8. The van der Waals surface area contributed by atoms with Gasteiger partial charge in [-0.05, 0) is 102 Å². The molecule has 0 spiro atoms. The highest BCUT2D eigenvalue weighted by atomic mass is 16.5. The van der Waals surface area contributed by atoms with Crippen LogP contribution in [0.4, 0.5) is 0 Å². The number of esters is 1. The van der Waals surface area contributed by atoms with Gasteiger partial charge in [-0.1, -0.05) is 95.2 Å². The molecule has 26 nitrogen and oxygen atoms in total. The van der Waals surface area contributed by atoms with E-state index in [9.17, 15) is 43.8 Å². The number of likely N-dealkylation sites (N-methyl/N-ethyl adjacent to an activating group) is 8. The number of allylic oxidation sites excluding steroid dienone is 2. The number of nitrogens with one attached hydrogen (secondary N) is 3. The number of carbonyl (C=O) groups excluding carboxylic acids is 12. The Kier molecular flexibility index (Phi) is 32.5. The van der Waals surface area contributed by atoms with Crippen LogP contribution in [0.3, 0.4) is 0 Å². The summed E-state index contributed by atoms with van der Waals surface area (Å²) < 4.78 is 5.09. The lowest BCUT2D eigenvalue weighted by Crippen LogP contribution is -2.64. The van der Waals surface area contributed by atoms with E-state index in [1.807, 2.05) is 41.5 Å². The molecule has 1 saturated heterocycles. The minimum Gasteiger partial charge on any atom is -0.467 e. The van der Waals surface area contributed by atoms with Gasteiger partial charge >= 0.3 is 5.97 Å². The molecule has 26 heteroatoms. The molecule has 11 amide bonds. The Hall–Kier alpha value is -6.70. The lowest BCUT2D eigenvalue weighted by Gasteiger charge is -2.43. The van der Waals surface area contributed by atoms with Gasteiger partial charge in [-0.3, -0.25) is 52.7 Å². The van der Waals surface area contributed by atoms with Crippen LogP contribution in [0, 0.1) is 35.5 Å². The Morgan fingerprint density at radius 3 is 1.34 bits per heavy atom. The van der Waals surface area contributed by atoms with Crippen molar-refractivity contribution in [2.45, 2.75) is 234 Å². The third-order valence-corrected chi connectivity index (χ3v) is 17.1. The smallest absolute Gasteiger partial charge is 0.338 e. The average Bonchev–Trinajstić information content (AvgIpc) is 1.06. The van der Waals surface area contributed by atoms with Gasteiger partial charge in [-0.25, -0.2) is 4.79 Å². The molecule has 1 rings (SSSR count). The largest absolute Gasteiger partial charge is 0.467 e. The van der Waals surface area contributed by atoms with Crippen molar-refractivity contribution in [2.24, 2.45) is 35.5 Å². The fourth-order valence-corrected chi connectivity index (χ4v) is 11.4. The van der Waals surface area contributed by atoms with Crippen LogP contribution in [-0.2, 0) is 62.3 Å². The van der Waals surface area contributed by atoms with Crippen molar-refractivity contribution in [3.05, 3.63) is 12.2 Å². The second-order valence-electron chi connectivity index (χ2n) is 27.5. The van der Waals surface area contributed by atoms with Crippen LogP contribution in [0.25, 0.3) is 0 Å². The van der Waals surface area contributed by atoms with E-state index in [4.69, 9.17) is 4.74 Å². The van der Waals surface area contributed by atoms with E-state index in [2.05, 4.69) is 16.0 Å². The summed E-state index contributed by atoms with van der Waals surface area (Å²) in [6.07, 6.45) is 1.83. The molecule has 1 heterocycles. The lowest BCUT2D eigenvalue weighted by atomic mass is 9.91. The summed E-state index contributed by atoms with van der Waals surface area (Å²) in [6.45, 7) is 28.2. The summed E-state index contributed by atoms with van der Waals surface area (Å²) in [5.74, 6) is -12.9. The summed E-state index contributed by atoms with van der Waals surface area (Å²) in [6, 6.07) is -15.9. The Morgan fingerprint density at radius 2 is 0.901 bits per heavy atom. The predicted molar refractivity (Wildman–Crippen MR) is 345 cm³/mol. The molecule has 1 unspecified atom stereocenters. The number of rotatable bonds is 16. The minimum atomic E-state index is -2.13. The molecule has 0 bridgehead atoms. The molecule has 0 radical (unpaired) electrons. The first-order chi connectivity index (χ1) is 41.8. The van der Waals surface area contributed by atoms with Crippen LogP contribution in [0.2, 0.25) is 0 Å². The van der Waals surface area contributed by atoms with Gasteiger partial charge in [-0.15, -0.1) is 0 Å². The molecule has 13 atom stereocenters. The van der Waals surface area contributed by atoms with Crippen LogP contribution in [-0.4, -0.2) is 262 Å². The van der Waals surface area contributed by atoms with Crippen molar-refractivity contribution >= 4 is 70.9 Å². The molecule has 1 aliphatic rings. The molecule has 0 aromatic rings. The first-order valence-corrected chi connectivity index (χ1v) is 31.9. The van der Waals surface area contributed by atoms with Gasteiger partial charge < -0.3 is 70.1 Å². The quantitative estimate of drug-likeness (QED) is 0.0841. The van der Waals surface area contributed by atoms with Gasteiger partial charge in [-0.2, -0.15) is 0 Å². The molecule has 91 heavy (non-hydrogen) atoms. The highest BCUT2D eigenvalue weighted by molar-refractivity contribution is 6.07. The van der Waals surface area contributed by atoms with Crippen molar-refractivity contribution in [1.82, 2.24) is 55.1 Å². The first-order valence-electron chi connectivity index (χ1n) is 31.9. The van der Waals surface area contributed by atoms with Crippen molar-refractivity contribution in [3.63, 3.8) is 0 Å². The number of hydrogen-bond acceptors (Lipinski definition) is 15. The van der Waals surface area contributed by atoms with Gasteiger partial charge in [0.25, 0.3) is 5.91 Å². The second kappa shape index (κ2) is 35.9. The fourth-order valence-electron chi connectivity index (χ4n) is 11.4. The van der Waals surface area contributed by atoms with E-state index in [1.54, 1.807) is 60.6 Å². The molecule has 0 aromatic carbocycles. The van der Waals surface area contributed by atoms with Crippen molar-refractivity contribution in [3.8, 4) is 0 Å². The first kappa shape index (κ1) is 82.3. The number of aliphatic hydroxyl groups is 2. The van der Waals surface area contributed by atoms with Gasteiger partial charge in [0, 0.05) is 62.8 Å². The van der Waals surface area contributed by atoms with E-state index in [0.717, 1.165) is 45.7 Å². The molecule has 520 valence electrons. The van der Waals surface area contributed by atoms with E-state index in [-0.39, 0.29) is 49.9 Å². The van der Waals surface area contributed by atoms with Crippen LogP contribution in [0.15, 0.2) is 12.2 Å². The van der Waals surface area contributed by atoms with E-state index >= 15 is 24.0 Å². The number of amides is 11. The van der Waals surface area contributed by atoms with Crippen molar-refractivity contribution in [1.29, 1.82) is 0 Å². The second-order valence-corrected chi connectivity index (χ2v) is 27.5. The third kappa shape index (κ3) is 22.0. The lowest BCUT2D eigenvalue weighted by molar-refractivity contribution is -0.165. The topological polar surface area (TPSA) is 317 Å². The van der Waals surface area contributed by atoms with Gasteiger partial charge in [0.1, 0.15) is 60.4 Å². The monoisotopic (exact) mass is 1290 g/mol. The van der Waals surface area contributed by atoms with Gasteiger partial charge in [0.2, 0.25) is 65.1 Å². The summed E-state index contributed by atoms with van der Waals surface area (Å²) in [7, 11) is 11.4. The van der Waals surface area contributed by atoms with E-state index in [0.29, 0.717) is 0 Å². The van der Waals surface area contributed by atoms with Gasteiger partial charge in [0.05, 0.1) is 18.8 Å². The maximum atomic E-state index is 15.4. The summed E-state index contributed by atoms with van der Waals surface area (Å²) in [5, 5.41) is 31.6. The molecule has 0 aromatic heterocycles. The van der Waals surface area contributed by atoms with Crippen LogP contribution >= 0.6 is 0 Å². The standard InChI is InChI=1S/C65H115N11O15/c1-27-29-30-40(13)52(77)50-62(87)69(18)43(28-2)57(82)76(25)51(64(89)91-26)63(88)73(22)47(34-65(16,17)90)55(80)68-48(38(9)10)60(85)70(19)44(31-35(3)4)54(79)66-41(14)53(78)67-42(15)56(81)71(20)45(32-36(5)6)58(83)72(21)46(33-37(7)8)59(84)74(23)49(39(11)12)61(86)75(50)24/h27,29,35-52,77,90H,28,30-34H2,1-26H3,(H,66,79)(H,67,78)(H,68,80)/b29-27+/t40-,41+,42-,43+,44+,45+,46+,47+,48+,49+,50+,51?,52-/m1/s1. The number of ether oxygens (including phenoxy) is 1. The Balaban J connectivity index is 4.59. The van der Waals surface area contributed by atoms with Gasteiger partial charge in [0.15, 0.2) is 0 Å². The van der Waals surface area contributed by atoms with Crippen LogP contribution in [0.5, 0.6) is 0 Å². The third-order valence-electron chi connectivity index (χ3n) is 17.1. The van der Waals surface area contributed by atoms with E-state index in [1.165, 1.54) is 84.7 Å². The zero-order valence-corrected chi connectivity index (χ0v) is 59.6. The molecular weight excluding hydrogens is 1170 g/mol. The minimum absolute atomic E-state index is 0.0785. The Bertz CT molecular complexity index is 2570. The number of carbonyl (C=O) groups is 12. The highest BCUT2D eigenvalue weighted by Gasteiger charge is 2.49. The maximum Gasteiger partial charge on any atom is 0.338 e. The molecular formula is C65H115N11O15. The summed E-state index contributed by atoms with van der Waals surface area (Å²) >= 11 is 0.